The number of sulfonamides is 1. The predicted molar refractivity (Wildman–Crippen MR) is 77.2 cm³/mol. The first-order valence-corrected chi connectivity index (χ1v) is 7.49. The second-order valence-corrected chi connectivity index (χ2v) is 5.98. The first kappa shape index (κ1) is 14.5. The molecule has 1 amide bonds. The molecule has 2 rings (SSSR count). The van der Waals surface area contributed by atoms with Crippen LogP contribution in [0.2, 0.25) is 5.02 Å². The van der Waals surface area contributed by atoms with E-state index < -0.39 is 15.9 Å². The summed E-state index contributed by atoms with van der Waals surface area (Å²) in [6, 6.07) is 12.5. The number of carbonyl (C=O) groups is 1. The molecule has 20 heavy (non-hydrogen) atoms. The Kier molecular flexibility index (Phi) is 4.08. The highest BCUT2D eigenvalue weighted by Crippen LogP contribution is 2.21. The lowest BCUT2D eigenvalue weighted by Gasteiger charge is -2.07. The zero-order valence-corrected chi connectivity index (χ0v) is 11.8. The van der Waals surface area contributed by atoms with Gasteiger partial charge in [-0.1, -0.05) is 29.8 Å². The minimum absolute atomic E-state index is 0.0185. The summed E-state index contributed by atoms with van der Waals surface area (Å²) in [5.74, 6) is -0.429. The van der Waals surface area contributed by atoms with Gasteiger partial charge in [0.2, 0.25) is 10.0 Å². The molecule has 0 saturated carbocycles. The number of nitrogens with two attached hydrogens (primary N) is 1. The lowest BCUT2D eigenvalue weighted by Crippen LogP contribution is -2.15. The van der Waals surface area contributed by atoms with Crippen molar-refractivity contribution in [3.8, 4) is 0 Å². The topological polar surface area (TPSA) is 89.3 Å². The molecule has 0 spiro atoms. The van der Waals surface area contributed by atoms with Crippen molar-refractivity contribution >= 4 is 33.2 Å². The van der Waals surface area contributed by atoms with E-state index in [0.717, 1.165) is 6.07 Å². The molecule has 0 aliphatic rings. The highest BCUT2D eigenvalue weighted by atomic mass is 35.5. The SMILES string of the molecule is NS(=O)(=O)c1ccc(C(=O)Nc2ccccc2)c(Cl)c1. The summed E-state index contributed by atoms with van der Waals surface area (Å²) in [5, 5.41) is 7.66. The zero-order valence-electron chi connectivity index (χ0n) is 10.2. The normalized spacial score (nSPS) is 11.1. The number of para-hydroxylation sites is 1. The van der Waals surface area contributed by atoms with Crippen LogP contribution in [0.25, 0.3) is 0 Å². The van der Waals surface area contributed by atoms with Gasteiger partial charge in [0.05, 0.1) is 15.5 Å². The maximum atomic E-state index is 12.0. The van der Waals surface area contributed by atoms with Crippen LogP contribution in [0.15, 0.2) is 53.4 Å². The Morgan fingerprint density at radius 3 is 2.30 bits per heavy atom. The number of anilines is 1. The molecule has 7 heteroatoms. The van der Waals surface area contributed by atoms with Gasteiger partial charge in [0.15, 0.2) is 0 Å². The molecule has 0 fully saturated rings. The molecule has 3 N–H and O–H groups in total. The van der Waals surface area contributed by atoms with Gasteiger partial charge in [-0.3, -0.25) is 4.79 Å². The van der Waals surface area contributed by atoms with Crippen LogP contribution < -0.4 is 10.5 Å². The fourth-order valence-electron chi connectivity index (χ4n) is 1.58. The number of amides is 1. The van der Waals surface area contributed by atoms with Gasteiger partial charge < -0.3 is 5.32 Å². The van der Waals surface area contributed by atoms with E-state index in [1.54, 1.807) is 24.3 Å². The van der Waals surface area contributed by atoms with Crippen LogP contribution in [0.4, 0.5) is 5.69 Å². The van der Waals surface area contributed by atoms with Crippen molar-refractivity contribution in [3.05, 3.63) is 59.1 Å². The van der Waals surface area contributed by atoms with Crippen molar-refractivity contribution in [1.29, 1.82) is 0 Å². The van der Waals surface area contributed by atoms with E-state index in [4.69, 9.17) is 16.7 Å². The van der Waals surface area contributed by atoms with E-state index in [1.165, 1.54) is 12.1 Å². The van der Waals surface area contributed by atoms with Gasteiger partial charge in [-0.25, -0.2) is 13.6 Å². The second kappa shape index (κ2) is 5.62. The standard InChI is InChI=1S/C13H11ClN2O3S/c14-12-8-10(20(15,18)19)6-7-11(12)13(17)16-9-4-2-1-3-5-9/h1-8H,(H,16,17)(H2,15,18,19). The Morgan fingerprint density at radius 2 is 1.75 bits per heavy atom. The number of hydrogen-bond acceptors (Lipinski definition) is 3. The molecule has 104 valence electrons. The summed E-state index contributed by atoms with van der Waals surface area (Å²) >= 11 is 5.92. The maximum Gasteiger partial charge on any atom is 0.257 e. The minimum Gasteiger partial charge on any atom is -0.322 e. The largest absolute Gasteiger partial charge is 0.322 e. The summed E-state index contributed by atoms with van der Waals surface area (Å²) in [6.07, 6.45) is 0. The van der Waals surface area contributed by atoms with Crippen molar-refractivity contribution in [2.45, 2.75) is 4.90 Å². The second-order valence-electron chi connectivity index (χ2n) is 4.01. The number of halogens is 1. The molecule has 0 heterocycles. The van der Waals surface area contributed by atoms with Crippen LogP contribution in [-0.4, -0.2) is 14.3 Å². The van der Waals surface area contributed by atoms with E-state index in [-0.39, 0.29) is 15.5 Å². The van der Waals surface area contributed by atoms with E-state index in [2.05, 4.69) is 5.32 Å². The highest BCUT2D eigenvalue weighted by molar-refractivity contribution is 7.89. The first-order chi connectivity index (χ1) is 9.38. The highest BCUT2D eigenvalue weighted by Gasteiger charge is 2.15. The fourth-order valence-corrected chi connectivity index (χ4v) is 2.45. The summed E-state index contributed by atoms with van der Waals surface area (Å²) in [7, 11) is -3.84. The molecule has 0 bridgehead atoms. The molecule has 0 aromatic heterocycles. The summed E-state index contributed by atoms with van der Waals surface area (Å²) < 4.78 is 22.4. The zero-order chi connectivity index (χ0) is 14.8. The van der Waals surface area contributed by atoms with E-state index in [1.807, 2.05) is 6.07 Å². The Hall–Kier alpha value is -1.89. The fraction of sp³-hybridized carbons (Fsp3) is 0. The number of hydrogen-bond donors (Lipinski definition) is 2. The van der Waals surface area contributed by atoms with Gasteiger partial charge in [0.25, 0.3) is 5.91 Å². The van der Waals surface area contributed by atoms with Gasteiger partial charge in [-0.2, -0.15) is 0 Å². The summed E-state index contributed by atoms with van der Waals surface area (Å²) in [6.45, 7) is 0. The van der Waals surface area contributed by atoms with Gasteiger partial charge in [-0.15, -0.1) is 0 Å². The number of carbonyl (C=O) groups excluding carboxylic acids is 1. The van der Waals surface area contributed by atoms with E-state index >= 15 is 0 Å². The van der Waals surface area contributed by atoms with E-state index in [9.17, 15) is 13.2 Å². The molecule has 0 atom stereocenters. The average molecular weight is 311 g/mol. The van der Waals surface area contributed by atoms with Gasteiger partial charge in [0, 0.05) is 5.69 Å². The lowest BCUT2D eigenvalue weighted by atomic mass is 10.2. The number of rotatable bonds is 3. The number of benzene rings is 2. The Labute approximate surface area is 121 Å². The molecular formula is C13H11ClN2O3S. The van der Waals surface area contributed by atoms with Crippen LogP contribution in [-0.2, 0) is 10.0 Å². The summed E-state index contributed by atoms with van der Waals surface area (Å²) in [5.41, 5.74) is 0.784. The van der Waals surface area contributed by atoms with Crippen molar-refractivity contribution in [1.82, 2.24) is 0 Å². The van der Waals surface area contributed by atoms with Gasteiger partial charge in [0.1, 0.15) is 0 Å². The van der Waals surface area contributed by atoms with Crippen molar-refractivity contribution in [3.63, 3.8) is 0 Å². The molecule has 5 nitrogen and oxygen atoms in total. The van der Waals surface area contributed by atoms with Gasteiger partial charge in [-0.05, 0) is 30.3 Å². The maximum absolute atomic E-state index is 12.0. The lowest BCUT2D eigenvalue weighted by molar-refractivity contribution is 0.102. The molecule has 2 aromatic carbocycles. The Bertz CT molecular complexity index is 745. The van der Waals surface area contributed by atoms with Crippen LogP contribution in [0, 0.1) is 0 Å². The molecule has 2 aromatic rings. The Balaban J connectivity index is 2.28. The molecule has 0 unspecified atom stereocenters. The van der Waals surface area contributed by atoms with Crippen molar-refractivity contribution < 1.29 is 13.2 Å². The molecule has 0 aliphatic carbocycles. The number of nitrogens with one attached hydrogen (secondary N) is 1. The molecule has 0 radical (unpaired) electrons. The quantitative estimate of drug-likeness (QED) is 0.911. The smallest absolute Gasteiger partial charge is 0.257 e. The molecular weight excluding hydrogens is 300 g/mol. The summed E-state index contributed by atoms with van der Waals surface area (Å²) in [4.78, 5) is 11.9. The number of primary sulfonamides is 1. The van der Waals surface area contributed by atoms with Crippen LogP contribution in [0.1, 0.15) is 10.4 Å². The third-order valence-electron chi connectivity index (χ3n) is 2.55. The minimum atomic E-state index is -3.84. The van der Waals surface area contributed by atoms with Crippen molar-refractivity contribution in [2.75, 3.05) is 5.32 Å². The van der Waals surface area contributed by atoms with E-state index in [0.29, 0.717) is 5.69 Å². The third kappa shape index (κ3) is 3.36. The van der Waals surface area contributed by atoms with Crippen LogP contribution >= 0.6 is 11.6 Å². The molecule has 0 aliphatic heterocycles. The third-order valence-corrected chi connectivity index (χ3v) is 3.77. The predicted octanol–water partition coefficient (Wildman–Crippen LogP) is 2.24. The van der Waals surface area contributed by atoms with Crippen molar-refractivity contribution in [2.24, 2.45) is 5.14 Å². The monoisotopic (exact) mass is 310 g/mol. The average Bonchev–Trinajstić information content (AvgIpc) is 2.38. The van der Waals surface area contributed by atoms with Crippen LogP contribution in [0.3, 0.4) is 0 Å². The first-order valence-electron chi connectivity index (χ1n) is 5.56. The molecule has 0 saturated heterocycles. The Morgan fingerprint density at radius 1 is 1.10 bits per heavy atom. The van der Waals surface area contributed by atoms with Gasteiger partial charge >= 0.3 is 0 Å². The van der Waals surface area contributed by atoms with Crippen LogP contribution in [0.5, 0.6) is 0 Å².